The van der Waals surface area contributed by atoms with E-state index in [9.17, 15) is 4.79 Å². The molecule has 0 unspecified atom stereocenters. The Labute approximate surface area is 124 Å². The van der Waals surface area contributed by atoms with E-state index in [4.69, 9.17) is 0 Å². The molecule has 0 aliphatic carbocycles. The lowest BCUT2D eigenvalue weighted by Gasteiger charge is -2.26. The van der Waals surface area contributed by atoms with Gasteiger partial charge >= 0.3 is 6.03 Å². The second-order valence-electron chi connectivity index (χ2n) is 4.32. The van der Waals surface area contributed by atoms with E-state index in [1.165, 1.54) is 9.80 Å². The Morgan fingerprint density at radius 1 is 1.20 bits per heavy atom. The van der Waals surface area contributed by atoms with E-state index in [-0.39, 0.29) is 18.4 Å². The number of hydrogen-bond acceptors (Lipinski definition) is 3. The van der Waals surface area contributed by atoms with Crippen molar-refractivity contribution in [3.63, 3.8) is 0 Å². The number of hydrogen-bond donors (Lipinski definition) is 0. The summed E-state index contributed by atoms with van der Waals surface area (Å²) in [7, 11) is 3.42. The Bertz CT molecular complexity index is 580. The summed E-state index contributed by atoms with van der Waals surface area (Å²) in [6.45, 7) is 1.98. The normalized spacial score (nSPS) is 16.9. The number of carbonyl (C=O) groups is 1. The highest BCUT2D eigenvalue weighted by molar-refractivity contribution is 5.85. The molecular formula is C14H17ClN4O. The summed E-state index contributed by atoms with van der Waals surface area (Å²) in [5, 5.41) is 8.18. The average Bonchev–Trinajstić information content (AvgIpc) is 2.41. The van der Waals surface area contributed by atoms with E-state index in [1.807, 2.05) is 37.3 Å². The largest absolute Gasteiger partial charge is 0.328 e. The van der Waals surface area contributed by atoms with Crippen LogP contribution in [0.3, 0.4) is 0 Å². The highest BCUT2D eigenvalue weighted by Gasteiger charge is 2.18. The summed E-state index contributed by atoms with van der Waals surface area (Å²) in [5.41, 5.74) is 2.60. The van der Waals surface area contributed by atoms with Crippen LogP contribution in [-0.2, 0) is 0 Å². The van der Waals surface area contributed by atoms with E-state index in [2.05, 4.69) is 10.2 Å². The van der Waals surface area contributed by atoms with Gasteiger partial charge in [0.1, 0.15) is 0 Å². The maximum atomic E-state index is 11.7. The fraction of sp³-hybridized carbons (Fsp3) is 0.214. The van der Waals surface area contributed by atoms with Gasteiger partial charge in [0.25, 0.3) is 0 Å². The number of urea groups is 1. The van der Waals surface area contributed by atoms with Crippen molar-refractivity contribution in [2.45, 2.75) is 6.92 Å². The van der Waals surface area contributed by atoms with Crippen molar-refractivity contribution in [3.05, 3.63) is 54.0 Å². The zero-order valence-electron chi connectivity index (χ0n) is 11.6. The number of allylic oxidation sites excluding steroid dienone is 1. The molecule has 1 aromatic rings. The van der Waals surface area contributed by atoms with Crippen molar-refractivity contribution in [1.29, 1.82) is 0 Å². The summed E-state index contributed by atoms with van der Waals surface area (Å²) in [6, 6.07) is 7.65. The minimum atomic E-state index is -0.0974. The number of likely N-dealkylation sites (N-methyl/N-ethyl adjacent to an activating group) is 1. The number of halogens is 1. The van der Waals surface area contributed by atoms with Gasteiger partial charge in [0, 0.05) is 20.3 Å². The van der Waals surface area contributed by atoms with Gasteiger partial charge in [-0.3, -0.25) is 4.90 Å². The molecule has 0 radical (unpaired) electrons. The molecule has 0 N–H and O–H groups in total. The van der Waals surface area contributed by atoms with Gasteiger partial charge in [-0.2, -0.15) is 10.2 Å². The number of azo groups is 1. The van der Waals surface area contributed by atoms with Crippen LogP contribution in [0.1, 0.15) is 5.56 Å². The first-order valence-electron chi connectivity index (χ1n) is 5.95. The Morgan fingerprint density at radius 2 is 1.90 bits per heavy atom. The van der Waals surface area contributed by atoms with Crippen molar-refractivity contribution in [2.75, 3.05) is 14.1 Å². The van der Waals surface area contributed by atoms with Gasteiger partial charge in [-0.25, -0.2) is 4.79 Å². The Kier molecular flexibility index (Phi) is 5.46. The third-order valence-corrected chi connectivity index (χ3v) is 2.92. The van der Waals surface area contributed by atoms with Gasteiger partial charge in [0.05, 0.1) is 17.6 Å². The van der Waals surface area contributed by atoms with Crippen LogP contribution < -0.4 is 0 Å². The van der Waals surface area contributed by atoms with Crippen molar-refractivity contribution in [1.82, 2.24) is 9.80 Å². The number of rotatable bonds is 2. The zero-order valence-corrected chi connectivity index (χ0v) is 12.5. The van der Waals surface area contributed by atoms with E-state index >= 15 is 0 Å². The van der Waals surface area contributed by atoms with Crippen LogP contribution in [-0.4, -0.2) is 29.9 Å². The second kappa shape index (κ2) is 6.86. The van der Waals surface area contributed by atoms with E-state index in [1.54, 1.807) is 26.5 Å². The van der Waals surface area contributed by atoms with Gasteiger partial charge in [-0.1, -0.05) is 18.2 Å². The van der Waals surface area contributed by atoms with E-state index < -0.39 is 0 Å². The third kappa shape index (κ3) is 3.45. The maximum Gasteiger partial charge on any atom is 0.328 e. The first-order chi connectivity index (χ1) is 9.09. The van der Waals surface area contributed by atoms with Crippen LogP contribution in [0.15, 0.2) is 58.7 Å². The maximum absolute atomic E-state index is 11.7. The first-order valence-corrected chi connectivity index (χ1v) is 5.95. The van der Waals surface area contributed by atoms with Crippen LogP contribution in [0.2, 0.25) is 0 Å². The monoisotopic (exact) mass is 292 g/mol. The molecule has 0 saturated carbocycles. The molecule has 0 bridgehead atoms. The van der Waals surface area contributed by atoms with Crippen LogP contribution in [0.25, 0.3) is 0 Å². The molecule has 5 nitrogen and oxygen atoms in total. The van der Waals surface area contributed by atoms with Gasteiger partial charge < -0.3 is 4.90 Å². The molecule has 0 atom stereocenters. The number of amides is 2. The standard InChI is InChI=1S/C14H16N4O.ClH/c1-11-6-4-5-7-13(11)16-15-10-12-8-9-17(2)14(19)18(12)3;/h4-10H,1-3H3;1H. The lowest BCUT2D eigenvalue weighted by molar-refractivity contribution is 0.195. The van der Waals surface area contributed by atoms with Crippen molar-refractivity contribution in [3.8, 4) is 0 Å². The smallest absolute Gasteiger partial charge is 0.304 e. The minimum absolute atomic E-state index is 0. The van der Waals surface area contributed by atoms with Gasteiger partial charge in [0.2, 0.25) is 0 Å². The highest BCUT2D eigenvalue weighted by atomic mass is 35.5. The lowest BCUT2D eigenvalue weighted by Crippen LogP contribution is -2.37. The fourth-order valence-electron chi connectivity index (χ4n) is 1.67. The molecule has 0 saturated heterocycles. The molecule has 0 spiro atoms. The second-order valence-corrected chi connectivity index (χ2v) is 4.32. The third-order valence-electron chi connectivity index (χ3n) is 2.92. The topological polar surface area (TPSA) is 48.3 Å². The quantitative estimate of drug-likeness (QED) is 0.764. The van der Waals surface area contributed by atoms with Gasteiger partial charge in [0.15, 0.2) is 0 Å². The molecule has 2 rings (SSSR count). The summed E-state index contributed by atoms with van der Waals surface area (Å²) in [5.74, 6) is 0. The molecule has 1 aliphatic heterocycles. The molecule has 0 fully saturated rings. The number of carbonyl (C=O) groups excluding carboxylic acids is 1. The van der Waals surface area contributed by atoms with Crippen molar-refractivity contribution < 1.29 is 4.79 Å². The Morgan fingerprint density at radius 3 is 2.60 bits per heavy atom. The van der Waals surface area contributed by atoms with E-state index in [0.717, 1.165) is 11.3 Å². The first kappa shape index (κ1) is 15.9. The number of benzene rings is 1. The highest BCUT2D eigenvalue weighted by Crippen LogP contribution is 2.18. The molecule has 1 aromatic carbocycles. The van der Waals surface area contributed by atoms with Gasteiger partial charge in [-0.15, -0.1) is 12.4 Å². The number of aryl methyl sites for hydroxylation is 1. The van der Waals surface area contributed by atoms with Gasteiger partial charge in [-0.05, 0) is 24.6 Å². The van der Waals surface area contributed by atoms with Crippen LogP contribution >= 0.6 is 12.4 Å². The molecule has 20 heavy (non-hydrogen) atoms. The summed E-state index contributed by atoms with van der Waals surface area (Å²) < 4.78 is 0. The summed E-state index contributed by atoms with van der Waals surface area (Å²) in [4.78, 5) is 14.7. The number of nitrogens with zero attached hydrogens (tertiary/aromatic N) is 4. The van der Waals surface area contributed by atoms with Crippen LogP contribution in [0, 0.1) is 6.92 Å². The van der Waals surface area contributed by atoms with E-state index in [0.29, 0.717) is 5.70 Å². The molecular weight excluding hydrogens is 276 g/mol. The predicted molar refractivity (Wildman–Crippen MR) is 81.1 cm³/mol. The van der Waals surface area contributed by atoms with Crippen molar-refractivity contribution >= 4 is 24.1 Å². The minimum Gasteiger partial charge on any atom is -0.304 e. The molecule has 1 heterocycles. The van der Waals surface area contributed by atoms with Crippen LogP contribution in [0.5, 0.6) is 0 Å². The zero-order chi connectivity index (χ0) is 13.8. The predicted octanol–water partition coefficient (Wildman–Crippen LogP) is 3.85. The molecule has 106 valence electrons. The lowest BCUT2D eigenvalue weighted by atomic mass is 10.2. The summed E-state index contributed by atoms with van der Waals surface area (Å²) in [6.07, 6.45) is 5.10. The fourth-order valence-corrected chi connectivity index (χ4v) is 1.67. The van der Waals surface area contributed by atoms with Crippen molar-refractivity contribution in [2.24, 2.45) is 10.2 Å². The Hall–Kier alpha value is -2.14. The summed E-state index contributed by atoms with van der Waals surface area (Å²) >= 11 is 0. The Balaban J connectivity index is 0.00000200. The average molecular weight is 293 g/mol. The molecule has 1 aliphatic rings. The molecule has 0 aromatic heterocycles. The molecule has 6 heteroatoms. The SMILES string of the molecule is Cc1ccccc1N=NC=C1C=CN(C)C(=O)N1C.Cl. The van der Waals surface area contributed by atoms with Crippen LogP contribution in [0.4, 0.5) is 10.5 Å². The molecule has 2 amide bonds.